The number of anilines is 1. The van der Waals surface area contributed by atoms with Crippen molar-refractivity contribution in [3.05, 3.63) is 104 Å². The van der Waals surface area contributed by atoms with Crippen LogP contribution >= 0.6 is 0 Å². The van der Waals surface area contributed by atoms with Gasteiger partial charge in [0.2, 0.25) is 5.76 Å². The first kappa shape index (κ1) is 19.2. The lowest BCUT2D eigenvalue weighted by Crippen LogP contribution is -2.30. The zero-order valence-electron chi connectivity index (χ0n) is 17.3. The monoisotopic (exact) mass is 414 g/mol. The van der Waals surface area contributed by atoms with Gasteiger partial charge in [-0.15, -0.1) is 0 Å². The van der Waals surface area contributed by atoms with Crippen LogP contribution in [0.1, 0.15) is 44.4 Å². The van der Waals surface area contributed by atoms with Crippen molar-refractivity contribution in [3.8, 4) is 0 Å². The van der Waals surface area contributed by atoms with Crippen LogP contribution in [0.5, 0.6) is 0 Å². The Bertz CT molecular complexity index is 1420. The molecule has 0 bridgehead atoms. The summed E-state index contributed by atoms with van der Waals surface area (Å²) in [4.78, 5) is 32.7. The van der Waals surface area contributed by atoms with Gasteiger partial charge in [0.25, 0.3) is 5.91 Å². The Morgan fingerprint density at radius 3 is 2.45 bits per heavy atom. The normalized spacial score (nSPS) is 15.5. The largest absolute Gasteiger partial charge is 0.450 e. The highest BCUT2D eigenvalue weighted by Gasteiger charge is 2.45. The second kappa shape index (κ2) is 6.87. The molecule has 1 amide bonds. The lowest BCUT2D eigenvalue weighted by molar-refractivity contribution is 0.0970. The Labute approximate surface area is 177 Å². The number of hydrogen-bond donors (Lipinski definition) is 0. The van der Waals surface area contributed by atoms with Crippen LogP contribution in [0, 0.1) is 26.6 Å². The van der Waals surface area contributed by atoms with E-state index in [0.717, 1.165) is 16.7 Å². The highest BCUT2D eigenvalue weighted by molar-refractivity contribution is 6.10. The Kier molecular flexibility index (Phi) is 4.25. The Morgan fingerprint density at radius 2 is 1.74 bits per heavy atom. The molecular weight excluding hydrogens is 395 g/mol. The molecule has 0 unspecified atom stereocenters. The van der Waals surface area contributed by atoms with Gasteiger partial charge < -0.3 is 4.42 Å². The number of amides is 1. The fourth-order valence-electron chi connectivity index (χ4n) is 4.06. The fraction of sp³-hybridized carbons (Fsp3) is 0.160. The number of carbonyl (C=O) groups is 1. The number of benzene rings is 2. The zero-order valence-corrected chi connectivity index (χ0v) is 17.3. The summed E-state index contributed by atoms with van der Waals surface area (Å²) < 4.78 is 20.8. The minimum atomic E-state index is -0.971. The predicted octanol–water partition coefficient (Wildman–Crippen LogP) is 5.00. The first-order chi connectivity index (χ1) is 14.9. The molecule has 0 aliphatic carbocycles. The molecule has 0 radical (unpaired) electrons. The van der Waals surface area contributed by atoms with Gasteiger partial charge in [0.1, 0.15) is 17.2 Å². The number of pyridine rings is 1. The number of fused-ring (bicyclic) bond motifs is 2. The van der Waals surface area contributed by atoms with E-state index in [9.17, 15) is 14.0 Å². The SMILES string of the molecule is Cc1ccc(N2C(=O)c3oc4cc(C)c(C)cc4c(=O)c3[C@H]2c2ccccc2F)nc1. The van der Waals surface area contributed by atoms with Crippen molar-refractivity contribution in [2.24, 2.45) is 0 Å². The molecule has 154 valence electrons. The lowest BCUT2D eigenvalue weighted by atomic mass is 9.97. The maximum absolute atomic E-state index is 14.9. The van der Waals surface area contributed by atoms with Crippen molar-refractivity contribution in [2.75, 3.05) is 4.90 Å². The van der Waals surface area contributed by atoms with Crippen LogP contribution in [0.25, 0.3) is 11.0 Å². The smallest absolute Gasteiger partial charge is 0.296 e. The minimum absolute atomic E-state index is 0.0728. The van der Waals surface area contributed by atoms with Crippen LogP contribution in [-0.4, -0.2) is 10.9 Å². The molecule has 1 aliphatic rings. The van der Waals surface area contributed by atoms with Crippen molar-refractivity contribution in [1.82, 2.24) is 4.98 Å². The average molecular weight is 414 g/mol. The molecule has 5 nitrogen and oxygen atoms in total. The molecule has 3 heterocycles. The molecule has 0 saturated heterocycles. The average Bonchev–Trinajstić information content (AvgIpc) is 3.03. The van der Waals surface area contributed by atoms with E-state index in [4.69, 9.17) is 4.42 Å². The molecular formula is C25H19FN2O3. The van der Waals surface area contributed by atoms with E-state index >= 15 is 0 Å². The molecule has 31 heavy (non-hydrogen) atoms. The van der Waals surface area contributed by atoms with E-state index in [1.807, 2.05) is 26.8 Å². The van der Waals surface area contributed by atoms with Gasteiger partial charge in [-0.2, -0.15) is 0 Å². The van der Waals surface area contributed by atoms with Gasteiger partial charge in [0.15, 0.2) is 5.43 Å². The summed E-state index contributed by atoms with van der Waals surface area (Å²) in [6.45, 7) is 5.70. The summed E-state index contributed by atoms with van der Waals surface area (Å²) >= 11 is 0. The molecule has 0 spiro atoms. The van der Waals surface area contributed by atoms with Crippen molar-refractivity contribution in [3.63, 3.8) is 0 Å². The number of aromatic nitrogens is 1. The van der Waals surface area contributed by atoms with Crippen LogP contribution in [0.15, 0.2) is 63.9 Å². The van der Waals surface area contributed by atoms with Gasteiger partial charge >= 0.3 is 0 Å². The molecule has 6 heteroatoms. The molecule has 5 rings (SSSR count). The van der Waals surface area contributed by atoms with Gasteiger partial charge in [-0.1, -0.05) is 24.3 Å². The second-order valence-electron chi connectivity index (χ2n) is 7.90. The number of halogens is 1. The number of rotatable bonds is 2. The van der Waals surface area contributed by atoms with E-state index in [-0.39, 0.29) is 22.3 Å². The maximum atomic E-state index is 14.9. The molecule has 2 aromatic carbocycles. The van der Waals surface area contributed by atoms with Crippen molar-refractivity contribution < 1.29 is 13.6 Å². The molecule has 4 aromatic rings. The Morgan fingerprint density at radius 1 is 1.00 bits per heavy atom. The number of aryl methyl sites for hydroxylation is 3. The molecule has 2 aromatic heterocycles. The third-order valence-electron chi connectivity index (χ3n) is 5.83. The summed E-state index contributed by atoms with van der Waals surface area (Å²) in [5.41, 5.74) is 3.15. The Hall–Kier alpha value is -3.80. The van der Waals surface area contributed by atoms with Crippen LogP contribution in [0.2, 0.25) is 0 Å². The lowest BCUT2D eigenvalue weighted by Gasteiger charge is -2.24. The molecule has 0 N–H and O–H groups in total. The first-order valence-electron chi connectivity index (χ1n) is 9.95. The Balaban J connectivity index is 1.85. The van der Waals surface area contributed by atoms with Gasteiger partial charge in [0, 0.05) is 11.8 Å². The van der Waals surface area contributed by atoms with Crippen molar-refractivity contribution >= 4 is 22.7 Å². The molecule has 1 atom stereocenters. The van der Waals surface area contributed by atoms with Gasteiger partial charge in [-0.25, -0.2) is 9.37 Å². The predicted molar refractivity (Wildman–Crippen MR) is 116 cm³/mol. The number of hydrogen-bond acceptors (Lipinski definition) is 4. The minimum Gasteiger partial charge on any atom is -0.450 e. The third-order valence-corrected chi connectivity index (χ3v) is 5.83. The summed E-state index contributed by atoms with van der Waals surface area (Å²) in [6, 6.07) is 12.2. The molecule has 0 saturated carbocycles. The second-order valence-corrected chi connectivity index (χ2v) is 7.90. The van der Waals surface area contributed by atoms with Crippen LogP contribution in [-0.2, 0) is 0 Å². The number of carbonyl (C=O) groups excluding carboxylic acids is 1. The fourth-order valence-corrected chi connectivity index (χ4v) is 4.06. The highest BCUT2D eigenvalue weighted by Crippen LogP contribution is 2.41. The summed E-state index contributed by atoms with van der Waals surface area (Å²) in [7, 11) is 0. The van der Waals surface area contributed by atoms with E-state index in [0.29, 0.717) is 16.8 Å². The molecule has 0 fully saturated rings. The first-order valence-corrected chi connectivity index (χ1v) is 9.95. The quantitative estimate of drug-likeness (QED) is 0.463. The highest BCUT2D eigenvalue weighted by atomic mass is 19.1. The van der Waals surface area contributed by atoms with Gasteiger partial charge in [-0.3, -0.25) is 14.5 Å². The summed E-state index contributed by atoms with van der Waals surface area (Å²) in [6.07, 6.45) is 1.63. The van der Waals surface area contributed by atoms with E-state index in [1.165, 1.54) is 11.0 Å². The zero-order chi connectivity index (χ0) is 21.9. The van der Waals surface area contributed by atoms with Gasteiger partial charge in [0.05, 0.1) is 17.0 Å². The summed E-state index contributed by atoms with van der Waals surface area (Å²) in [5.74, 6) is -0.774. The van der Waals surface area contributed by atoms with E-state index in [1.54, 1.807) is 42.6 Å². The van der Waals surface area contributed by atoms with Crippen LogP contribution < -0.4 is 10.3 Å². The molecule has 1 aliphatic heterocycles. The van der Waals surface area contributed by atoms with Crippen LogP contribution in [0.4, 0.5) is 10.2 Å². The van der Waals surface area contributed by atoms with Crippen LogP contribution in [0.3, 0.4) is 0 Å². The topological polar surface area (TPSA) is 63.4 Å². The van der Waals surface area contributed by atoms with Gasteiger partial charge in [-0.05, 0) is 61.7 Å². The standard InChI is InChI=1S/C25H19FN2O3/c1-13-8-9-20(27-12-13)28-22(16-6-4-5-7-18(16)26)21-23(29)17-10-14(2)15(3)11-19(17)31-24(21)25(28)30/h4-12,22H,1-3H3/t22-/m1/s1. The van der Waals surface area contributed by atoms with E-state index in [2.05, 4.69) is 4.98 Å². The third kappa shape index (κ3) is 2.86. The number of nitrogens with zero attached hydrogens (tertiary/aromatic N) is 2. The maximum Gasteiger partial charge on any atom is 0.296 e. The van der Waals surface area contributed by atoms with E-state index < -0.39 is 17.8 Å². The van der Waals surface area contributed by atoms with Crippen molar-refractivity contribution in [2.45, 2.75) is 26.8 Å². The van der Waals surface area contributed by atoms with Crippen molar-refractivity contribution in [1.29, 1.82) is 0 Å². The summed E-state index contributed by atoms with van der Waals surface area (Å²) in [5, 5.41) is 0.370.